The van der Waals surface area contributed by atoms with Crippen molar-refractivity contribution in [1.82, 2.24) is 0 Å². The van der Waals surface area contributed by atoms with Gasteiger partial charge in [-0.25, -0.2) is 17.2 Å². The zero-order chi connectivity index (χ0) is 18.9. The second kappa shape index (κ2) is 6.54. The van der Waals surface area contributed by atoms with Crippen molar-refractivity contribution in [3.8, 4) is 6.07 Å². The van der Waals surface area contributed by atoms with Crippen molar-refractivity contribution >= 4 is 33.6 Å². The van der Waals surface area contributed by atoms with E-state index in [0.717, 1.165) is 29.7 Å². The number of carbonyl (C=O) groups is 1. The molecule has 0 bridgehead atoms. The number of nitrogens with zero attached hydrogens (tertiary/aromatic N) is 1. The Labute approximate surface area is 147 Å². The number of anilines is 1. The molecule has 1 amide bonds. The first-order chi connectivity index (χ1) is 12.3. The van der Waals surface area contributed by atoms with Crippen LogP contribution in [0.1, 0.15) is 11.1 Å². The Morgan fingerprint density at radius 3 is 2.50 bits per heavy atom. The fraction of sp³-hybridized carbons (Fsp3) is 0. The van der Waals surface area contributed by atoms with Crippen LogP contribution in [0.2, 0.25) is 0 Å². The minimum Gasteiger partial charge on any atom is -0.321 e. The predicted molar refractivity (Wildman–Crippen MR) is 91.2 cm³/mol. The fourth-order valence-corrected chi connectivity index (χ4v) is 3.60. The maximum absolute atomic E-state index is 13.7. The molecule has 5 nitrogen and oxygen atoms in total. The smallest absolute Gasteiger partial charge is 0.266 e. The Kier molecular flexibility index (Phi) is 4.40. The van der Waals surface area contributed by atoms with E-state index in [2.05, 4.69) is 5.32 Å². The normalized spacial score (nSPS) is 14.6. The quantitative estimate of drug-likeness (QED) is 0.662. The molecule has 1 aliphatic heterocycles. The molecule has 26 heavy (non-hydrogen) atoms. The molecular weight excluding hydrogens is 362 g/mol. The molecule has 3 rings (SSSR count). The third-order valence-corrected chi connectivity index (χ3v) is 5.12. The Bertz CT molecular complexity index is 1110. The SMILES string of the molecule is N#CC(=Cc1c(F)cccc1F)C(=O)Nc1ccc2c(c1)S(=O)(=O)C=C2. The molecule has 130 valence electrons. The highest BCUT2D eigenvalue weighted by Gasteiger charge is 2.21. The van der Waals surface area contributed by atoms with Crippen LogP contribution in [0.3, 0.4) is 0 Å². The van der Waals surface area contributed by atoms with Crippen molar-refractivity contribution in [3.63, 3.8) is 0 Å². The summed E-state index contributed by atoms with van der Waals surface area (Å²) >= 11 is 0. The third kappa shape index (κ3) is 3.25. The van der Waals surface area contributed by atoms with Crippen molar-refractivity contribution in [2.45, 2.75) is 4.90 Å². The molecule has 2 aromatic rings. The minimum atomic E-state index is -3.56. The van der Waals surface area contributed by atoms with E-state index >= 15 is 0 Å². The number of nitriles is 1. The highest BCUT2D eigenvalue weighted by molar-refractivity contribution is 7.94. The van der Waals surface area contributed by atoms with Gasteiger partial charge < -0.3 is 5.32 Å². The molecule has 8 heteroatoms. The monoisotopic (exact) mass is 372 g/mol. The molecule has 0 spiro atoms. The highest BCUT2D eigenvalue weighted by Crippen LogP contribution is 2.29. The summed E-state index contributed by atoms with van der Waals surface area (Å²) in [5, 5.41) is 12.5. The lowest BCUT2D eigenvalue weighted by Gasteiger charge is -2.07. The van der Waals surface area contributed by atoms with Crippen LogP contribution in [0.15, 0.2) is 52.3 Å². The number of rotatable bonds is 3. The van der Waals surface area contributed by atoms with Crippen molar-refractivity contribution in [1.29, 1.82) is 5.26 Å². The summed E-state index contributed by atoms with van der Waals surface area (Å²) in [5.41, 5.74) is -0.431. The molecular formula is C18H10F2N2O3S. The van der Waals surface area contributed by atoms with Crippen molar-refractivity contribution < 1.29 is 22.0 Å². The summed E-state index contributed by atoms with van der Waals surface area (Å²) < 4.78 is 51.0. The lowest BCUT2D eigenvalue weighted by Crippen LogP contribution is -2.14. The minimum absolute atomic E-state index is 0.0259. The van der Waals surface area contributed by atoms with Gasteiger partial charge in [0.05, 0.1) is 4.90 Å². The summed E-state index contributed by atoms with van der Waals surface area (Å²) in [7, 11) is -3.56. The topological polar surface area (TPSA) is 87.0 Å². The van der Waals surface area contributed by atoms with Crippen molar-refractivity contribution in [2.75, 3.05) is 5.32 Å². The van der Waals surface area contributed by atoms with Crippen LogP contribution in [0.4, 0.5) is 14.5 Å². The summed E-state index contributed by atoms with van der Waals surface area (Å²) in [4.78, 5) is 12.2. The summed E-state index contributed by atoms with van der Waals surface area (Å²) in [6.07, 6.45) is 2.23. The molecule has 0 saturated carbocycles. The summed E-state index contributed by atoms with van der Waals surface area (Å²) in [5.74, 6) is -2.75. The number of benzene rings is 2. The Morgan fingerprint density at radius 2 is 1.85 bits per heavy atom. The van der Waals surface area contributed by atoms with Crippen LogP contribution in [-0.2, 0) is 14.6 Å². The maximum atomic E-state index is 13.7. The van der Waals surface area contributed by atoms with E-state index in [-0.39, 0.29) is 10.6 Å². The first-order valence-corrected chi connectivity index (χ1v) is 8.81. The Morgan fingerprint density at radius 1 is 1.15 bits per heavy atom. The maximum Gasteiger partial charge on any atom is 0.266 e. The standard InChI is InChI=1S/C18H10F2N2O3S/c19-15-2-1-3-16(20)14(15)8-12(10-21)18(23)22-13-5-4-11-6-7-26(24,25)17(11)9-13/h1-9H,(H,22,23). The van der Waals surface area contributed by atoms with Crippen molar-refractivity contribution in [2.24, 2.45) is 0 Å². The lowest BCUT2D eigenvalue weighted by atomic mass is 10.1. The largest absolute Gasteiger partial charge is 0.321 e. The van der Waals surface area contributed by atoms with Gasteiger partial charge in [0.2, 0.25) is 9.84 Å². The highest BCUT2D eigenvalue weighted by atomic mass is 32.2. The van der Waals surface area contributed by atoms with E-state index in [1.807, 2.05) is 0 Å². The van der Waals surface area contributed by atoms with Crippen LogP contribution < -0.4 is 5.32 Å². The van der Waals surface area contributed by atoms with Gasteiger partial charge in [-0.2, -0.15) is 5.26 Å². The number of halogens is 2. The number of hydrogen-bond donors (Lipinski definition) is 1. The molecule has 1 N–H and O–H groups in total. The van der Waals surface area contributed by atoms with Gasteiger partial charge in [0.25, 0.3) is 5.91 Å². The zero-order valence-electron chi connectivity index (χ0n) is 13.0. The fourth-order valence-electron chi connectivity index (χ4n) is 2.37. The van der Waals surface area contributed by atoms with Crippen LogP contribution in [0, 0.1) is 23.0 Å². The number of amides is 1. The van der Waals surface area contributed by atoms with Gasteiger partial charge in [-0.3, -0.25) is 4.79 Å². The summed E-state index contributed by atoms with van der Waals surface area (Å²) in [6, 6.07) is 8.95. The molecule has 1 aliphatic rings. The molecule has 2 aromatic carbocycles. The number of carbonyl (C=O) groups excluding carboxylic acids is 1. The Hall–Kier alpha value is -3.31. The van der Waals surface area contributed by atoms with Gasteiger partial charge in [0.15, 0.2) is 0 Å². The van der Waals surface area contributed by atoms with E-state index < -0.39 is 38.5 Å². The molecule has 0 radical (unpaired) electrons. The molecule has 0 saturated heterocycles. The van der Waals surface area contributed by atoms with E-state index in [1.165, 1.54) is 24.3 Å². The van der Waals surface area contributed by atoms with Gasteiger partial charge >= 0.3 is 0 Å². The molecule has 0 aromatic heterocycles. The van der Waals surface area contributed by atoms with E-state index in [1.54, 1.807) is 6.07 Å². The van der Waals surface area contributed by atoms with Crippen LogP contribution in [-0.4, -0.2) is 14.3 Å². The number of sulfone groups is 1. The first kappa shape index (κ1) is 17.5. The average Bonchev–Trinajstić information content (AvgIpc) is 2.89. The second-order valence-corrected chi connectivity index (χ2v) is 7.16. The van der Waals surface area contributed by atoms with E-state index in [9.17, 15) is 22.0 Å². The molecule has 0 aliphatic carbocycles. The number of fused-ring (bicyclic) bond motifs is 1. The number of hydrogen-bond acceptors (Lipinski definition) is 4. The first-order valence-electron chi connectivity index (χ1n) is 7.26. The second-order valence-electron chi connectivity index (χ2n) is 5.36. The predicted octanol–water partition coefficient (Wildman–Crippen LogP) is 3.27. The van der Waals surface area contributed by atoms with Crippen LogP contribution in [0.25, 0.3) is 12.2 Å². The van der Waals surface area contributed by atoms with E-state index in [4.69, 9.17) is 5.26 Å². The Balaban J connectivity index is 1.90. The van der Waals surface area contributed by atoms with Crippen molar-refractivity contribution in [3.05, 3.63) is 70.1 Å². The molecule has 0 unspecified atom stereocenters. The molecule has 0 fully saturated rings. The van der Waals surface area contributed by atoms with Gasteiger partial charge in [-0.15, -0.1) is 0 Å². The molecule has 1 heterocycles. The third-order valence-electron chi connectivity index (χ3n) is 3.66. The molecule has 0 atom stereocenters. The van der Waals surface area contributed by atoms with E-state index in [0.29, 0.717) is 5.56 Å². The average molecular weight is 372 g/mol. The van der Waals surface area contributed by atoms with Crippen LogP contribution in [0.5, 0.6) is 0 Å². The lowest BCUT2D eigenvalue weighted by molar-refractivity contribution is -0.112. The van der Waals surface area contributed by atoms with Gasteiger partial charge in [-0.1, -0.05) is 12.1 Å². The zero-order valence-corrected chi connectivity index (χ0v) is 13.8. The van der Waals surface area contributed by atoms with Crippen LogP contribution >= 0.6 is 0 Å². The van der Waals surface area contributed by atoms with Gasteiger partial charge in [-0.05, 0) is 42.0 Å². The number of nitrogens with one attached hydrogen (secondary N) is 1. The summed E-state index contributed by atoms with van der Waals surface area (Å²) in [6.45, 7) is 0. The van der Waals surface area contributed by atoms with Gasteiger partial charge in [0, 0.05) is 16.7 Å². The van der Waals surface area contributed by atoms with Gasteiger partial charge in [0.1, 0.15) is 23.3 Å².